The normalized spacial score (nSPS) is 26.0. The molecular formula is C32H30N2O6. The number of ether oxygens (including phenoxy) is 3. The van der Waals surface area contributed by atoms with Crippen LogP contribution in [-0.2, 0) is 25.4 Å². The average molecular weight is 539 g/mol. The highest BCUT2D eigenvalue weighted by Gasteiger charge is 2.55. The second kappa shape index (κ2) is 9.31. The predicted octanol–water partition coefficient (Wildman–Crippen LogP) is 5.27. The van der Waals surface area contributed by atoms with Crippen molar-refractivity contribution in [3.8, 4) is 6.07 Å². The summed E-state index contributed by atoms with van der Waals surface area (Å²) in [7, 11) is 0. The Morgan fingerprint density at radius 2 is 1.68 bits per heavy atom. The van der Waals surface area contributed by atoms with Crippen molar-refractivity contribution in [2.24, 2.45) is 0 Å². The summed E-state index contributed by atoms with van der Waals surface area (Å²) in [5.41, 5.74) is 3.15. The van der Waals surface area contributed by atoms with Gasteiger partial charge >= 0.3 is 5.97 Å². The van der Waals surface area contributed by atoms with Crippen LogP contribution in [-0.4, -0.2) is 40.6 Å². The summed E-state index contributed by atoms with van der Waals surface area (Å²) in [6.45, 7) is 0.310. The van der Waals surface area contributed by atoms with Gasteiger partial charge in [-0.3, -0.25) is 14.5 Å². The summed E-state index contributed by atoms with van der Waals surface area (Å²) < 4.78 is 19.3. The SMILES string of the molecule is N#Cc1ccc2c(c1)C[C@]1(CCCCN3C(=O)c4ccccc4C3=O)OC3=C(C(=O)OC4(CCCCC4)C3)C2O1. The molecule has 0 aromatic heterocycles. The Bertz CT molecular complexity index is 1480. The lowest BCUT2D eigenvalue weighted by molar-refractivity contribution is -0.272. The zero-order chi connectivity index (χ0) is 27.5. The van der Waals surface area contributed by atoms with Gasteiger partial charge in [0.25, 0.3) is 11.8 Å². The van der Waals surface area contributed by atoms with Crippen LogP contribution in [0.15, 0.2) is 53.8 Å². The Kier molecular flexibility index (Phi) is 5.83. The fourth-order valence-corrected chi connectivity index (χ4v) is 7.11. The molecular weight excluding hydrogens is 508 g/mol. The molecule has 0 saturated heterocycles. The Hall–Kier alpha value is -3.96. The predicted molar refractivity (Wildman–Crippen MR) is 142 cm³/mol. The number of benzene rings is 2. The molecule has 1 fully saturated rings. The number of nitrogens with zero attached hydrogens (tertiary/aromatic N) is 2. The summed E-state index contributed by atoms with van der Waals surface area (Å²) in [6.07, 6.45) is 6.99. The average Bonchev–Trinajstić information content (AvgIpc) is 3.19. The molecule has 1 spiro atoms. The Morgan fingerprint density at radius 1 is 0.925 bits per heavy atom. The first-order chi connectivity index (χ1) is 19.4. The Labute approximate surface area is 232 Å². The van der Waals surface area contributed by atoms with Crippen molar-refractivity contribution < 1.29 is 28.6 Å². The van der Waals surface area contributed by atoms with E-state index in [1.807, 2.05) is 12.1 Å². The maximum Gasteiger partial charge on any atom is 0.341 e. The van der Waals surface area contributed by atoms with Crippen LogP contribution >= 0.6 is 0 Å². The van der Waals surface area contributed by atoms with Gasteiger partial charge in [0, 0.05) is 25.8 Å². The van der Waals surface area contributed by atoms with Gasteiger partial charge in [-0.1, -0.05) is 24.6 Å². The second-order valence-corrected chi connectivity index (χ2v) is 11.6. The first-order valence-corrected chi connectivity index (χ1v) is 14.2. The van der Waals surface area contributed by atoms with Crippen molar-refractivity contribution >= 4 is 17.8 Å². The van der Waals surface area contributed by atoms with E-state index in [0.717, 1.165) is 43.2 Å². The summed E-state index contributed by atoms with van der Waals surface area (Å²) in [5.74, 6) is -1.21. The van der Waals surface area contributed by atoms with Gasteiger partial charge in [-0.05, 0) is 73.9 Å². The Balaban J connectivity index is 1.14. The van der Waals surface area contributed by atoms with E-state index in [2.05, 4.69) is 6.07 Å². The van der Waals surface area contributed by atoms with Crippen molar-refractivity contribution in [2.75, 3.05) is 6.54 Å². The number of hydrogen-bond donors (Lipinski definition) is 0. The van der Waals surface area contributed by atoms with Crippen LogP contribution in [0.3, 0.4) is 0 Å². The van der Waals surface area contributed by atoms with Crippen LogP contribution in [0, 0.1) is 11.3 Å². The monoisotopic (exact) mass is 538 g/mol. The zero-order valence-electron chi connectivity index (χ0n) is 22.2. The van der Waals surface area contributed by atoms with Crippen LogP contribution in [0.1, 0.15) is 101 Å². The van der Waals surface area contributed by atoms with Crippen LogP contribution in [0.2, 0.25) is 0 Å². The fourth-order valence-electron chi connectivity index (χ4n) is 7.11. The molecule has 8 heteroatoms. The molecule has 0 radical (unpaired) electrons. The molecule has 5 aliphatic rings. The summed E-state index contributed by atoms with van der Waals surface area (Å²) in [6, 6.07) is 14.6. The van der Waals surface area contributed by atoms with Crippen LogP contribution in [0.4, 0.5) is 0 Å². The number of esters is 1. The molecule has 2 aromatic rings. The fraction of sp³-hybridized carbons (Fsp3) is 0.438. The molecule has 4 aliphatic heterocycles. The van der Waals surface area contributed by atoms with E-state index in [1.165, 1.54) is 4.90 Å². The largest absolute Gasteiger partial charge is 0.465 e. The van der Waals surface area contributed by atoms with Gasteiger partial charge in [0.15, 0.2) is 0 Å². The van der Waals surface area contributed by atoms with E-state index in [4.69, 9.17) is 14.2 Å². The molecule has 1 unspecified atom stereocenters. The number of carbonyl (C=O) groups excluding carboxylic acids is 3. The maximum absolute atomic E-state index is 13.4. The van der Waals surface area contributed by atoms with Crippen molar-refractivity contribution in [2.45, 2.75) is 81.7 Å². The van der Waals surface area contributed by atoms with E-state index < -0.39 is 17.5 Å². The number of amides is 2. The highest BCUT2D eigenvalue weighted by Crippen LogP contribution is 2.53. The van der Waals surface area contributed by atoms with E-state index in [-0.39, 0.29) is 17.8 Å². The standard InChI is InChI=1S/C32H30N2O6/c33-19-20-10-11-22-21(16-20)17-32(14-6-7-15-34-28(35)23-8-2-3-9-24(23)29(34)36)38-25-18-31(12-4-1-5-13-31)40-30(37)26(25)27(22)39-32/h2-3,8-11,16,27H,1,4-7,12-15,17-18H2/t27?,32-/m1/s1. The molecule has 1 saturated carbocycles. The number of hydrogen-bond acceptors (Lipinski definition) is 7. The van der Waals surface area contributed by atoms with Crippen molar-refractivity contribution in [1.29, 1.82) is 5.26 Å². The van der Waals surface area contributed by atoms with E-state index in [0.29, 0.717) is 66.7 Å². The maximum atomic E-state index is 13.4. The van der Waals surface area contributed by atoms with Gasteiger partial charge in [-0.25, -0.2) is 4.79 Å². The third-order valence-electron chi connectivity index (χ3n) is 9.06. The number of rotatable bonds is 5. The third kappa shape index (κ3) is 3.95. The molecule has 2 aromatic carbocycles. The van der Waals surface area contributed by atoms with E-state index in [1.54, 1.807) is 30.3 Å². The highest BCUT2D eigenvalue weighted by atomic mass is 16.7. The lowest BCUT2D eigenvalue weighted by Crippen LogP contribution is -2.52. The molecule has 4 heterocycles. The van der Waals surface area contributed by atoms with Crippen molar-refractivity contribution in [3.63, 3.8) is 0 Å². The lowest BCUT2D eigenvalue weighted by atomic mass is 9.77. The van der Waals surface area contributed by atoms with Crippen molar-refractivity contribution in [3.05, 3.63) is 81.6 Å². The molecule has 0 N–H and O–H groups in total. The molecule has 2 amide bonds. The summed E-state index contributed by atoms with van der Waals surface area (Å²) >= 11 is 0. The van der Waals surface area contributed by atoms with Gasteiger partial charge in [0.05, 0.1) is 22.8 Å². The first kappa shape index (κ1) is 25.0. The number of carbonyl (C=O) groups is 3. The van der Waals surface area contributed by atoms with Gasteiger partial charge in [0.2, 0.25) is 5.79 Å². The molecule has 2 bridgehead atoms. The number of imide groups is 1. The van der Waals surface area contributed by atoms with Gasteiger partial charge in [0.1, 0.15) is 23.0 Å². The molecule has 1 aliphatic carbocycles. The van der Waals surface area contributed by atoms with Crippen LogP contribution < -0.4 is 0 Å². The first-order valence-electron chi connectivity index (χ1n) is 14.2. The highest BCUT2D eigenvalue weighted by molar-refractivity contribution is 6.21. The quantitative estimate of drug-likeness (QED) is 0.290. The molecule has 8 nitrogen and oxygen atoms in total. The van der Waals surface area contributed by atoms with Gasteiger partial charge in [-0.2, -0.15) is 5.26 Å². The molecule has 40 heavy (non-hydrogen) atoms. The summed E-state index contributed by atoms with van der Waals surface area (Å²) in [5, 5.41) is 9.51. The third-order valence-corrected chi connectivity index (χ3v) is 9.06. The minimum atomic E-state index is -1.000. The lowest BCUT2D eigenvalue weighted by Gasteiger charge is -2.51. The number of unbranched alkanes of at least 4 members (excludes halogenated alkanes) is 1. The smallest absolute Gasteiger partial charge is 0.341 e. The summed E-state index contributed by atoms with van der Waals surface area (Å²) in [4.78, 5) is 40.3. The minimum Gasteiger partial charge on any atom is -0.465 e. The molecule has 204 valence electrons. The Morgan fingerprint density at radius 3 is 2.40 bits per heavy atom. The van der Waals surface area contributed by atoms with Gasteiger partial charge in [-0.15, -0.1) is 0 Å². The minimum absolute atomic E-state index is 0.257. The van der Waals surface area contributed by atoms with E-state index >= 15 is 0 Å². The molecule has 2 atom stereocenters. The zero-order valence-corrected chi connectivity index (χ0v) is 22.2. The van der Waals surface area contributed by atoms with Crippen molar-refractivity contribution in [1.82, 2.24) is 4.90 Å². The van der Waals surface area contributed by atoms with Crippen LogP contribution in [0.25, 0.3) is 0 Å². The van der Waals surface area contributed by atoms with Crippen LogP contribution in [0.5, 0.6) is 0 Å². The van der Waals surface area contributed by atoms with Gasteiger partial charge < -0.3 is 14.2 Å². The van der Waals surface area contributed by atoms with E-state index in [9.17, 15) is 19.6 Å². The second-order valence-electron chi connectivity index (χ2n) is 11.6. The molecule has 7 rings (SSSR count). The number of nitriles is 1. The topological polar surface area (TPSA) is 106 Å². The number of fused-ring (bicyclic) bond motifs is 6.